The maximum atomic E-state index is 12.0. The van der Waals surface area contributed by atoms with Gasteiger partial charge in [-0.15, -0.1) is 0 Å². The fourth-order valence-electron chi connectivity index (χ4n) is 2.10. The van der Waals surface area contributed by atoms with E-state index >= 15 is 0 Å². The third-order valence-electron chi connectivity index (χ3n) is 3.26. The molecule has 122 valence electrons. The van der Waals surface area contributed by atoms with Crippen LogP contribution in [0, 0.1) is 0 Å². The number of carbonyl (C=O) groups excluding carboxylic acids is 1. The van der Waals surface area contributed by atoms with E-state index in [4.69, 9.17) is 14.2 Å². The fraction of sp³-hybridized carbons (Fsp3) is 0.278. The number of ether oxygens (including phenoxy) is 3. The molecule has 0 aliphatic rings. The molecule has 0 unspecified atom stereocenters. The number of benzene rings is 2. The molecule has 0 amide bonds. The summed E-state index contributed by atoms with van der Waals surface area (Å²) in [5, 5.41) is 0. The van der Waals surface area contributed by atoms with E-state index < -0.39 is 0 Å². The number of hydrogen-bond acceptors (Lipinski definition) is 4. The van der Waals surface area contributed by atoms with Crippen molar-refractivity contribution in [2.24, 2.45) is 0 Å². The Bertz CT molecular complexity index is 575. The Morgan fingerprint density at radius 3 is 1.65 bits per heavy atom. The van der Waals surface area contributed by atoms with Crippen LogP contribution in [0.2, 0.25) is 0 Å². The highest BCUT2D eigenvalue weighted by molar-refractivity contribution is 7.97. The van der Waals surface area contributed by atoms with Crippen molar-refractivity contribution >= 4 is 16.9 Å². The van der Waals surface area contributed by atoms with Crippen molar-refractivity contribution in [1.82, 2.24) is 0 Å². The highest BCUT2D eigenvalue weighted by Gasteiger charge is 2.29. The molecule has 0 N–H and O–H groups in total. The number of esters is 1. The van der Waals surface area contributed by atoms with Gasteiger partial charge in [0.1, 0.15) is 11.5 Å². The second-order valence-electron chi connectivity index (χ2n) is 4.69. The van der Waals surface area contributed by atoms with Crippen molar-refractivity contribution in [3.8, 4) is 11.5 Å². The van der Waals surface area contributed by atoms with E-state index in [1.807, 2.05) is 55.5 Å². The van der Waals surface area contributed by atoms with Crippen molar-refractivity contribution in [1.29, 1.82) is 0 Å². The summed E-state index contributed by atoms with van der Waals surface area (Å²) in [6.07, 6.45) is 0. The predicted molar refractivity (Wildman–Crippen MR) is 91.4 cm³/mol. The minimum atomic E-state index is -0.389. The first kappa shape index (κ1) is 17.2. The van der Waals surface area contributed by atoms with Crippen LogP contribution in [-0.4, -0.2) is 32.5 Å². The molecule has 0 bridgehead atoms. The Hall–Kier alpha value is -2.14. The second kappa shape index (κ2) is 8.48. The van der Waals surface area contributed by atoms with Crippen molar-refractivity contribution in [3.63, 3.8) is 0 Å². The van der Waals surface area contributed by atoms with Crippen LogP contribution in [0.4, 0.5) is 0 Å². The van der Waals surface area contributed by atoms with Crippen molar-refractivity contribution < 1.29 is 19.0 Å². The summed E-state index contributed by atoms with van der Waals surface area (Å²) in [5.74, 6) is 1.72. The van der Waals surface area contributed by atoms with Crippen LogP contribution >= 0.6 is 0 Å². The molecular formula is C18H21O4S+. The third kappa shape index (κ3) is 4.66. The molecule has 23 heavy (non-hydrogen) atoms. The van der Waals surface area contributed by atoms with E-state index in [1.54, 1.807) is 14.2 Å². The van der Waals surface area contributed by atoms with Gasteiger partial charge in [0.15, 0.2) is 9.79 Å². The lowest BCUT2D eigenvalue weighted by atomic mass is 10.3. The zero-order valence-electron chi connectivity index (χ0n) is 13.6. The molecule has 5 heteroatoms. The van der Waals surface area contributed by atoms with E-state index in [-0.39, 0.29) is 16.9 Å². The van der Waals surface area contributed by atoms with Crippen molar-refractivity contribution in [2.75, 3.05) is 26.6 Å². The van der Waals surface area contributed by atoms with E-state index in [0.29, 0.717) is 12.4 Å². The van der Waals surface area contributed by atoms with Crippen LogP contribution in [0.3, 0.4) is 0 Å². The summed E-state index contributed by atoms with van der Waals surface area (Å²) in [6.45, 7) is 2.21. The maximum absolute atomic E-state index is 12.0. The number of rotatable bonds is 7. The summed E-state index contributed by atoms with van der Waals surface area (Å²) in [5.41, 5.74) is 0. The van der Waals surface area contributed by atoms with E-state index in [1.165, 1.54) is 0 Å². The molecule has 4 nitrogen and oxygen atoms in total. The smallest absolute Gasteiger partial charge is 0.357 e. The molecule has 0 atom stereocenters. The van der Waals surface area contributed by atoms with Crippen LogP contribution in [0.5, 0.6) is 11.5 Å². The first-order valence-corrected chi connectivity index (χ1v) is 8.72. The number of carbonyl (C=O) groups is 1. The lowest BCUT2D eigenvalue weighted by molar-refractivity contribution is -0.139. The Kier molecular flexibility index (Phi) is 6.35. The lowest BCUT2D eigenvalue weighted by Gasteiger charge is -2.09. The van der Waals surface area contributed by atoms with Crippen LogP contribution in [0.25, 0.3) is 0 Å². The monoisotopic (exact) mass is 333 g/mol. The van der Waals surface area contributed by atoms with Gasteiger partial charge in [-0.1, -0.05) is 0 Å². The van der Waals surface area contributed by atoms with E-state index in [2.05, 4.69) is 0 Å². The van der Waals surface area contributed by atoms with Gasteiger partial charge in [0.25, 0.3) is 0 Å². The molecule has 0 spiro atoms. The van der Waals surface area contributed by atoms with Crippen LogP contribution in [-0.2, 0) is 20.4 Å². The van der Waals surface area contributed by atoms with Crippen LogP contribution < -0.4 is 9.47 Å². The predicted octanol–water partition coefficient (Wildman–Crippen LogP) is 3.30. The molecule has 0 aromatic heterocycles. The highest BCUT2D eigenvalue weighted by Crippen LogP contribution is 2.27. The quantitative estimate of drug-likeness (QED) is 0.576. The molecule has 2 rings (SSSR count). The molecule has 2 aromatic rings. The van der Waals surface area contributed by atoms with Gasteiger partial charge < -0.3 is 14.2 Å². The Labute approximate surface area is 139 Å². The average molecular weight is 333 g/mol. The van der Waals surface area contributed by atoms with Crippen molar-refractivity contribution in [2.45, 2.75) is 16.7 Å². The number of hydrogen-bond donors (Lipinski definition) is 0. The molecule has 0 radical (unpaired) electrons. The molecule has 0 fully saturated rings. The fourth-order valence-corrected chi connectivity index (χ4v) is 3.96. The van der Waals surface area contributed by atoms with Gasteiger partial charge in [0, 0.05) is 0 Å². The van der Waals surface area contributed by atoms with Gasteiger partial charge >= 0.3 is 5.97 Å². The Morgan fingerprint density at radius 1 is 0.870 bits per heavy atom. The zero-order chi connectivity index (χ0) is 16.7. The summed E-state index contributed by atoms with van der Waals surface area (Å²) in [7, 11) is 2.88. The average Bonchev–Trinajstić information content (AvgIpc) is 2.60. The second-order valence-corrected chi connectivity index (χ2v) is 6.70. The first-order valence-electron chi connectivity index (χ1n) is 7.32. The summed E-state index contributed by atoms with van der Waals surface area (Å²) in [4.78, 5) is 14.1. The normalized spacial score (nSPS) is 10.4. The molecule has 0 heterocycles. The SMILES string of the molecule is CCOC(=O)C[S+](c1ccc(OC)cc1)c1ccc(OC)cc1. The van der Waals surface area contributed by atoms with Gasteiger partial charge in [-0.05, 0) is 55.5 Å². The van der Waals surface area contributed by atoms with E-state index in [9.17, 15) is 4.79 Å². The van der Waals surface area contributed by atoms with Crippen LogP contribution in [0.15, 0.2) is 58.3 Å². The molecule has 0 aliphatic carbocycles. The molecular weight excluding hydrogens is 312 g/mol. The summed E-state index contributed by atoms with van der Waals surface area (Å²) in [6, 6.07) is 15.6. The standard InChI is InChI=1S/C18H21O4S/c1-4-22-18(19)13-23(16-9-5-14(20-2)6-10-16)17-11-7-15(21-3)8-12-17/h5-12H,4,13H2,1-3H3/q+1. The first-order chi connectivity index (χ1) is 11.2. The molecule has 2 aromatic carbocycles. The Balaban J connectivity index is 2.30. The number of methoxy groups -OCH3 is 2. The van der Waals surface area contributed by atoms with Crippen LogP contribution in [0.1, 0.15) is 6.92 Å². The summed E-state index contributed by atoms with van der Waals surface area (Å²) < 4.78 is 15.5. The zero-order valence-corrected chi connectivity index (χ0v) is 14.4. The minimum absolute atomic E-state index is 0.192. The Morgan fingerprint density at radius 2 is 1.30 bits per heavy atom. The van der Waals surface area contributed by atoms with Gasteiger partial charge in [-0.3, -0.25) is 0 Å². The van der Waals surface area contributed by atoms with Gasteiger partial charge in [0.2, 0.25) is 5.75 Å². The van der Waals surface area contributed by atoms with Gasteiger partial charge in [0.05, 0.1) is 31.7 Å². The van der Waals surface area contributed by atoms with Gasteiger partial charge in [-0.2, -0.15) is 0 Å². The largest absolute Gasteiger partial charge is 0.497 e. The van der Waals surface area contributed by atoms with Crippen molar-refractivity contribution in [3.05, 3.63) is 48.5 Å². The highest BCUT2D eigenvalue weighted by atomic mass is 32.2. The van der Waals surface area contributed by atoms with E-state index in [0.717, 1.165) is 21.3 Å². The minimum Gasteiger partial charge on any atom is -0.497 e. The van der Waals surface area contributed by atoms with Gasteiger partial charge in [-0.25, -0.2) is 4.79 Å². The third-order valence-corrected chi connectivity index (χ3v) is 5.46. The topological polar surface area (TPSA) is 44.8 Å². The molecule has 0 saturated carbocycles. The lowest BCUT2D eigenvalue weighted by Crippen LogP contribution is -2.19. The maximum Gasteiger partial charge on any atom is 0.357 e. The summed E-state index contributed by atoms with van der Waals surface area (Å²) >= 11 is 0. The molecule has 0 saturated heterocycles. The molecule has 0 aliphatic heterocycles.